The molecule has 0 aromatic carbocycles. The number of aryl methyl sites for hydroxylation is 1. The Morgan fingerprint density at radius 3 is 2.69 bits per heavy atom. The molecular formula is C8H10N4O. The van der Waals surface area contributed by atoms with E-state index in [1.165, 1.54) is 0 Å². The Morgan fingerprint density at radius 1 is 1.62 bits per heavy atom. The minimum absolute atomic E-state index is 0.265. The normalized spacial score (nSPS) is 11.1. The van der Waals surface area contributed by atoms with E-state index >= 15 is 0 Å². The van der Waals surface area contributed by atoms with Gasteiger partial charge in [0.1, 0.15) is 0 Å². The molecule has 1 heterocycles. The van der Waals surface area contributed by atoms with Crippen molar-refractivity contribution in [3.63, 3.8) is 0 Å². The van der Waals surface area contributed by atoms with Crippen LogP contribution >= 0.6 is 0 Å². The van der Waals surface area contributed by atoms with Crippen molar-refractivity contribution in [1.82, 2.24) is 15.0 Å². The summed E-state index contributed by atoms with van der Waals surface area (Å²) in [7, 11) is 3.66. The highest BCUT2D eigenvalue weighted by molar-refractivity contribution is 5.63. The molecule has 0 unspecified atom stereocenters. The van der Waals surface area contributed by atoms with Gasteiger partial charge in [0.25, 0.3) is 11.6 Å². The third kappa shape index (κ3) is 2.30. The maximum absolute atomic E-state index is 6.90. The number of hydrogen-bond acceptors (Lipinski definition) is 4. The molecule has 0 spiro atoms. The van der Waals surface area contributed by atoms with Crippen LogP contribution in [-0.2, 0) is 0 Å². The van der Waals surface area contributed by atoms with Crippen molar-refractivity contribution in [3.05, 3.63) is 29.3 Å². The molecule has 5 heteroatoms. The fourth-order valence-corrected chi connectivity index (χ4v) is 0.778. The van der Waals surface area contributed by atoms with E-state index in [0.29, 0.717) is 11.5 Å². The summed E-state index contributed by atoms with van der Waals surface area (Å²) in [6.07, 6.45) is 1.64. The van der Waals surface area contributed by atoms with E-state index in [1.54, 1.807) is 18.0 Å². The van der Waals surface area contributed by atoms with Gasteiger partial charge in [0, 0.05) is 20.3 Å². The average molecular weight is 178 g/mol. The predicted molar refractivity (Wildman–Crippen MR) is 47.3 cm³/mol. The van der Waals surface area contributed by atoms with Gasteiger partial charge in [-0.05, 0) is 6.92 Å². The van der Waals surface area contributed by atoms with Crippen LogP contribution in [0.5, 0.6) is 0 Å². The molecule has 5 nitrogen and oxygen atoms in total. The van der Waals surface area contributed by atoms with E-state index in [1.807, 2.05) is 14.1 Å². The van der Waals surface area contributed by atoms with E-state index in [4.69, 9.17) is 11.1 Å². The molecule has 0 atom stereocenters. The fraction of sp³-hybridized carbons (Fsp3) is 0.375. The maximum atomic E-state index is 6.90. The molecule has 68 valence electrons. The van der Waals surface area contributed by atoms with Gasteiger partial charge in [0.05, 0.1) is 6.57 Å². The predicted octanol–water partition coefficient (Wildman–Crippen LogP) is 1.16. The fourth-order valence-electron chi connectivity index (χ4n) is 0.778. The SMILES string of the molecule is [C-]#[N+]/C(=C/N(C)C)c1nc(C)no1. The Bertz CT molecular complexity index is 358. The van der Waals surface area contributed by atoms with Crippen molar-refractivity contribution in [2.75, 3.05) is 14.1 Å². The van der Waals surface area contributed by atoms with Crippen LogP contribution in [-0.4, -0.2) is 29.1 Å². The number of nitrogens with zero attached hydrogens (tertiary/aromatic N) is 4. The first-order valence-corrected chi connectivity index (χ1v) is 3.70. The van der Waals surface area contributed by atoms with Gasteiger partial charge >= 0.3 is 0 Å². The van der Waals surface area contributed by atoms with Crippen LogP contribution in [0.2, 0.25) is 0 Å². The van der Waals surface area contributed by atoms with Crippen LogP contribution in [0.3, 0.4) is 0 Å². The standard InChI is InChI=1S/C8H10N4O/c1-6-10-8(13-11-6)7(9-2)5-12(3)4/h5H,1,3-4H3/b7-5+. The summed E-state index contributed by atoms with van der Waals surface area (Å²) in [6.45, 7) is 8.61. The lowest BCUT2D eigenvalue weighted by atomic mass is 10.4. The van der Waals surface area contributed by atoms with Gasteiger partial charge in [-0.2, -0.15) is 0 Å². The Morgan fingerprint density at radius 2 is 2.31 bits per heavy atom. The minimum Gasteiger partial charge on any atom is -0.393 e. The van der Waals surface area contributed by atoms with Gasteiger partial charge in [-0.25, -0.2) is 9.83 Å². The summed E-state index contributed by atoms with van der Waals surface area (Å²) in [5.41, 5.74) is 0.352. The molecule has 0 fully saturated rings. The molecule has 0 aliphatic rings. The number of hydrogen-bond donors (Lipinski definition) is 0. The topological polar surface area (TPSA) is 46.5 Å². The van der Waals surface area contributed by atoms with E-state index in [9.17, 15) is 0 Å². The van der Waals surface area contributed by atoms with Gasteiger partial charge in [-0.3, -0.25) is 0 Å². The van der Waals surface area contributed by atoms with E-state index in [2.05, 4.69) is 15.0 Å². The minimum atomic E-state index is 0.265. The zero-order chi connectivity index (χ0) is 9.84. The molecule has 0 radical (unpaired) electrons. The monoisotopic (exact) mass is 178 g/mol. The molecule has 0 bridgehead atoms. The van der Waals surface area contributed by atoms with Crippen LogP contribution < -0.4 is 0 Å². The number of aromatic nitrogens is 2. The van der Waals surface area contributed by atoms with Gasteiger partial charge in [0.15, 0.2) is 5.82 Å². The van der Waals surface area contributed by atoms with E-state index in [-0.39, 0.29) is 5.89 Å². The second kappa shape index (κ2) is 3.72. The first-order chi connectivity index (χ1) is 6.13. The Kier molecular flexibility index (Phi) is 2.65. The smallest absolute Gasteiger partial charge is 0.265 e. The van der Waals surface area contributed by atoms with Crippen LogP contribution in [0.15, 0.2) is 10.7 Å². The van der Waals surface area contributed by atoms with Crippen LogP contribution in [0.1, 0.15) is 11.7 Å². The van der Waals surface area contributed by atoms with E-state index in [0.717, 1.165) is 0 Å². The zero-order valence-corrected chi connectivity index (χ0v) is 7.77. The Balaban J connectivity index is 2.99. The van der Waals surface area contributed by atoms with Crippen LogP contribution in [0.25, 0.3) is 10.5 Å². The third-order valence-electron chi connectivity index (χ3n) is 1.25. The van der Waals surface area contributed by atoms with Crippen LogP contribution in [0.4, 0.5) is 0 Å². The van der Waals surface area contributed by atoms with Crippen molar-refractivity contribution in [1.29, 1.82) is 0 Å². The molecule has 1 aromatic heterocycles. The molecule has 0 saturated carbocycles. The molecule has 0 N–H and O–H groups in total. The summed E-state index contributed by atoms with van der Waals surface area (Å²) in [6, 6.07) is 0. The second-order valence-electron chi connectivity index (χ2n) is 2.74. The van der Waals surface area contributed by atoms with E-state index < -0.39 is 0 Å². The molecule has 0 aliphatic heterocycles. The molecule has 0 aliphatic carbocycles. The molecule has 0 amide bonds. The molecule has 1 rings (SSSR count). The first kappa shape index (κ1) is 9.26. The Labute approximate surface area is 76.5 Å². The summed E-state index contributed by atoms with van der Waals surface area (Å²) < 4.78 is 4.85. The average Bonchev–Trinajstić information content (AvgIpc) is 2.47. The molecular weight excluding hydrogens is 168 g/mol. The van der Waals surface area contributed by atoms with Crippen molar-refractivity contribution in [2.45, 2.75) is 6.92 Å². The van der Waals surface area contributed by atoms with Gasteiger partial charge in [-0.1, -0.05) is 5.16 Å². The van der Waals surface area contributed by atoms with Crippen molar-refractivity contribution >= 4 is 5.70 Å². The first-order valence-electron chi connectivity index (χ1n) is 3.70. The second-order valence-corrected chi connectivity index (χ2v) is 2.74. The summed E-state index contributed by atoms with van der Waals surface area (Å²) in [4.78, 5) is 8.99. The molecule has 13 heavy (non-hydrogen) atoms. The quantitative estimate of drug-likeness (QED) is 0.637. The zero-order valence-electron chi connectivity index (χ0n) is 7.77. The highest BCUT2D eigenvalue weighted by atomic mass is 16.5. The molecule has 1 aromatic rings. The highest BCUT2D eigenvalue weighted by Gasteiger charge is 2.09. The highest BCUT2D eigenvalue weighted by Crippen LogP contribution is 2.13. The van der Waals surface area contributed by atoms with Crippen molar-refractivity contribution in [2.24, 2.45) is 0 Å². The molecule has 0 saturated heterocycles. The van der Waals surface area contributed by atoms with Gasteiger partial charge < -0.3 is 9.42 Å². The van der Waals surface area contributed by atoms with Gasteiger partial charge in [0.2, 0.25) is 0 Å². The summed E-state index contributed by atoms with van der Waals surface area (Å²) in [5, 5.41) is 3.60. The van der Waals surface area contributed by atoms with Crippen LogP contribution in [0, 0.1) is 13.5 Å². The summed E-state index contributed by atoms with van der Waals surface area (Å²) >= 11 is 0. The lowest BCUT2D eigenvalue weighted by Gasteiger charge is -2.03. The lowest BCUT2D eigenvalue weighted by Crippen LogP contribution is -2.01. The lowest BCUT2D eigenvalue weighted by molar-refractivity contribution is 0.402. The Hall–Kier alpha value is -1.83. The largest absolute Gasteiger partial charge is 0.393 e. The van der Waals surface area contributed by atoms with Crippen molar-refractivity contribution in [3.8, 4) is 0 Å². The number of rotatable bonds is 2. The van der Waals surface area contributed by atoms with Crippen molar-refractivity contribution < 1.29 is 4.52 Å². The van der Waals surface area contributed by atoms with Gasteiger partial charge in [-0.15, -0.1) is 0 Å². The summed E-state index contributed by atoms with van der Waals surface area (Å²) in [5.74, 6) is 0.796. The maximum Gasteiger partial charge on any atom is 0.265 e. The third-order valence-corrected chi connectivity index (χ3v) is 1.25.